The summed E-state index contributed by atoms with van der Waals surface area (Å²) in [6.45, 7) is 9.64. The molecule has 0 amide bonds. The summed E-state index contributed by atoms with van der Waals surface area (Å²) in [5, 5.41) is 0. The van der Waals surface area contributed by atoms with Crippen molar-refractivity contribution in [3.63, 3.8) is 0 Å². The van der Waals surface area contributed by atoms with Crippen LogP contribution in [-0.4, -0.2) is 25.1 Å². The topological polar surface area (TPSA) is 23.2 Å². The fourth-order valence-corrected chi connectivity index (χ4v) is 9.28. The van der Waals surface area contributed by atoms with E-state index in [1.54, 1.807) is 11.3 Å². The van der Waals surface area contributed by atoms with Gasteiger partial charge >= 0.3 is 5.84 Å². The normalized spacial score (nSPS) is 43.6. The number of amidine groups is 1. The first-order chi connectivity index (χ1) is 16.5. The molecule has 2 heterocycles. The number of benzene rings is 1. The van der Waals surface area contributed by atoms with Crippen molar-refractivity contribution < 1.29 is 9.73 Å². The van der Waals surface area contributed by atoms with Gasteiger partial charge in [-0.25, -0.2) is 0 Å². The molecular weight excluding hydrogens is 416 g/mol. The molecule has 0 spiro atoms. The monoisotopic (exact) mass is 458 g/mol. The van der Waals surface area contributed by atoms with Crippen LogP contribution in [0.15, 0.2) is 47.7 Å². The van der Waals surface area contributed by atoms with Crippen molar-refractivity contribution >= 4 is 17.2 Å². The zero-order valence-corrected chi connectivity index (χ0v) is 21.4. The molecule has 3 fully saturated rings. The number of allylic oxidation sites excluding steroid dienone is 3. The number of rotatable bonds is 5. The van der Waals surface area contributed by atoms with Gasteiger partial charge in [-0.2, -0.15) is 9.48 Å². The van der Waals surface area contributed by atoms with Crippen LogP contribution in [0.5, 0.6) is 0 Å². The van der Waals surface area contributed by atoms with Crippen molar-refractivity contribution in [2.45, 2.75) is 84.7 Å². The maximum absolute atomic E-state index is 6.29. The fraction of sp³-hybridized carbons (Fsp3) is 0.645. The van der Waals surface area contributed by atoms with E-state index in [1.807, 2.05) is 0 Å². The predicted octanol–water partition coefficient (Wildman–Crippen LogP) is 5.77. The van der Waals surface area contributed by atoms with E-state index in [-0.39, 0.29) is 0 Å². The van der Waals surface area contributed by atoms with Crippen LogP contribution in [0.25, 0.3) is 0 Å². The van der Waals surface area contributed by atoms with Crippen LogP contribution in [-0.2, 0) is 4.74 Å². The predicted molar refractivity (Wildman–Crippen MR) is 139 cm³/mol. The van der Waals surface area contributed by atoms with Crippen molar-refractivity contribution in [3.05, 3.63) is 47.7 Å². The summed E-state index contributed by atoms with van der Waals surface area (Å²) >= 11 is 0. The molecule has 180 valence electrons. The van der Waals surface area contributed by atoms with E-state index < -0.39 is 0 Å². The molecule has 1 aromatic rings. The molecule has 7 atom stereocenters. The fourth-order valence-electron chi connectivity index (χ4n) is 9.28. The highest BCUT2D eigenvalue weighted by Gasteiger charge is 2.74. The van der Waals surface area contributed by atoms with Crippen molar-refractivity contribution in [1.82, 2.24) is 4.48 Å². The van der Waals surface area contributed by atoms with E-state index in [9.17, 15) is 0 Å². The highest BCUT2D eigenvalue weighted by Crippen LogP contribution is 2.67. The molecule has 7 rings (SSSR count). The lowest BCUT2D eigenvalue weighted by Crippen LogP contribution is -2.62. The van der Waals surface area contributed by atoms with Gasteiger partial charge in [0.15, 0.2) is 0 Å². The Labute approximate surface area is 205 Å². The molecule has 3 heteroatoms. The van der Waals surface area contributed by atoms with Gasteiger partial charge < -0.3 is 4.74 Å². The largest absolute Gasteiger partial charge is 0.410 e. The third-order valence-electron chi connectivity index (χ3n) is 11.2. The minimum Gasteiger partial charge on any atom is -0.378 e. The summed E-state index contributed by atoms with van der Waals surface area (Å²) < 4.78 is 7.33. The third-order valence-corrected chi connectivity index (χ3v) is 11.2. The van der Waals surface area contributed by atoms with Gasteiger partial charge in [-0.1, -0.05) is 51.0 Å². The molecule has 1 saturated heterocycles. The van der Waals surface area contributed by atoms with Crippen molar-refractivity contribution in [3.8, 4) is 0 Å². The van der Waals surface area contributed by atoms with E-state index in [4.69, 9.17) is 4.74 Å². The molecule has 0 aromatic heterocycles. The zero-order chi connectivity index (χ0) is 23.1. The van der Waals surface area contributed by atoms with Gasteiger partial charge in [0.25, 0.3) is 5.69 Å². The quantitative estimate of drug-likeness (QED) is 0.257. The molecule has 4 unspecified atom stereocenters. The molecule has 0 radical (unpaired) electrons. The molecule has 1 aromatic carbocycles. The van der Waals surface area contributed by atoms with E-state index >= 15 is 0 Å². The lowest BCUT2D eigenvalue weighted by atomic mass is 9.47. The highest BCUT2D eigenvalue weighted by molar-refractivity contribution is 6.13. The van der Waals surface area contributed by atoms with Gasteiger partial charge in [0.05, 0.1) is 6.10 Å². The molecule has 4 aliphatic carbocycles. The Morgan fingerprint density at radius 1 is 1.03 bits per heavy atom. The number of para-hydroxylation sites is 2. The number of fused-ring (bicyclic) bond motifs is 8. The molecule has 2 aliphatic heterocycles. The number of nitrogens with zero attached hydrogens (tertiary/aromatic N) is 1. The molecule has 0 bridgehead atoms. The Balaban J connectivity index is 1.15. The molecular formula is C31H42N2O+2. The zero-order valence-electron chi connectivity index (χ0n) is 21.4. The SMILES string of the molecule is CCCCO[C@H]1CC[C@@]2(C)C(=CCC3C2CC[C@]2(C)C([N+]45CC4=[NH+]c4ccccc45)=CCC32)C1. The van der Waals surface area contributed by atoms with Gasteiger partial charge in [-0.15, -0.1) is 0 Å². The average molecular weight is 459 g/mol. The van der Waals surface area contributed by atoms with Crippen LogP contribution in [0.2, 0.25) is 0 Å². The standard InChI is InChI=1S/C31H41N2O/c1-4-5-18-34-22-14-16-30(2)21(19-22)10-11-23-24-12-13-28(31(24,3)17-15-25(23)30)33-20-29(33)32-26-8-6-7-9-27(26)33/h6-10,13,22-25H,4-5,11-12,14-20H2,1-3H3/q+1/p+1/t22-,23?,24?,25?,30-,31-,33?/m0/s1. The highest BCUT2D eigenvalue weighted by atomic mass is 16.5. The lowest BCUT2D eigenvalue weighted by Gasteiger charge is -2.57. The summed E-state index contributed by atoms with van der Waals surface area (Å²) in [5.74, 6) is 4.01. The van der Waals surface area contributed by atoms with Crippen LogP contribution < -0.4 is 9.48 Å². The average Bonchev–Trinajstić information content (AvgIpc) is 3.28. The second-order valence-electron chi connectivity index (χ2n) is 12.7. The van der Waals surface area contributed by atoms with Crippen LogP contribution in [0, 0.1) is 28.6 Å². The van der Waals surface area contributed by atoms with E-state index in [2.05, 4.69) is 62.2 Å². The minimum atomic E-state index is 0.338. The van der Waals surface area contributed by atoms with Crippen molar-refractivity contribution in [2.24, 2.45) is 28.6 Å². The Kier molecular flexibility index (Phi) is 4.69. The summed E-state index contributed by atoms with van der Waals surface area (Å²) in [7, 11) is 0. The molecule has 6 aliphatic rings. The Morgan fingerprint density at radius 2 is 1.88 bits per heavy atom. The molecule has 34 heavy (non-hydrogen) atoms. The third kappa shape index (κ3) is 2.75. The number of quaternary nitrogens is 1. The van der Waals surface area contributed by atoms with E-state index in [0.29, 0.717) is 16.9 Å². The van der Waals surface area contributed by atoms with Crippen LogP contribution in [0.4, 0.5) is 11.4 Å². The maximum Gasteiger partial charge on any atom is 0.410 e. The van der Waals surface area contributed by atoms with Crippen molar-refractivity contribution in [2.75, 3.05) is 13.2 Å². The number of hydrogen-bond acceptors (Lipinski definition) is 1. The first kappa shape index (κ1) is 21.6. The number of nitrogens with one attached hydrogen (secondary N) is 1. The summed E-state index contributed by atoms with van der Waals surface area (Å²) in [6.07, 6.45) is 17.4. The second-order valence-corrected chi connectivity index (χ2v) is 12.7. The first-order valence-corrected chi connectivity index (χ1v) is 14.1. The van der Waals surface area contributed by atoms with Gasteiger partial charge in [0.2, 0.25) is 12.2 Å². The van der Waals surface area contributed by atoms with Gasteiger partial charge in [-0.05, 0) is 80.6 Å². The minimum absolute atomic E-state index is 0.338. The number of unbranched alkanes of at least 4 members (excludes halogenated alkanes) is 1. The molecule has 2 saturated carbocycles. The van der Waals surface area contributed by atoms with Crippen LogP contribution >= 0.6 is 0 Å². The van der Waals surface area contributed by atoms with Gasteiger partial charge in [0, 0.05) is 24.2 Å². The van der Waals surface area contributed by atoms with E-state index in [0.717, 1.165) is 28.8 Å². The molecule has 1 N–H and O–H groups in total. The van der Waals surface area contributed by atoms with Crippen LogP contribution in [0.3, 0.4) is 0 Å². The van der Waals surface area contributed by atoms with Gasteiger partial charge in [-0.3, -0.25) is 0 Å². The Bertz CT molecular complexity index is 1120. The van der Waals surface area contributed by atoms with Crippen molar-refractivity contribution in [1.29, 1.82) is 0 Å². The van der Waals surface area contributed by atoms with E-state index in [1.165, 1.54) is 81.5 Å². The smallest absolute Gasteiger partial charge is 0.378 e. The molecule has 3 nitrogen and oxygen atoms in total. The van der Waals surface area contributed by atoms with Crippen LogP contribution in [0.1, 0.15) is 78.6 Å². The Hall–Kier alpha value is -1.71. The Morgan fingerprint density at radius 3 is 2.76 bits per heavy atom. The van der Waals surface area contributed by atoms with Gasteiger partial charge in [0.1, 0.15) is 5.70 Å². The number of ether oxygens (including phenoxy) is 1. The maximum atomic E-state index is 6.29. The number of hydrogen-bond donors (Lipinski definition) is 1. The second kappa shape index (κ2) is 7.40. The summed E-state index contributed by atoms with van der Waals surface area (Å²) in [4.78, 5) is 3.75. The summed E-state index contributed by atoms with van der Waals surface area (Å²) in [5.41, 5.74) is 7.04. The first-order valence-electron chi connectivity index (χ1n) is 14.1. The lowest BCUT2D eigenvalue weighted by molar-refractivity contribution is -0.347. The summed E-state index contributed by atoms with van der Waals surface area (Å²) in [6, 6.07) is 9.02.